The van der Waals surface area contributed by atoms with E-state index < -0.39 is 0 Å². The molecule has 4 aromatic rings. The molecule has 5 heteroatoms. The van der Waals surface area contributed by atoms with Crippen molar-refractivity contribution in [3.05, 3.63) is 118 Å². The second-order valence-corrected chi connectivity index (χ2v) is 7.94. The number of rotatable bonds is 4. The Balaban J connectivity index is 1.49. The number of hydrogen-bond donors (Lipinski definition) is 0. The summed E-state index contributed by atoms with van der Waals surface area (Å²) in [6.07, 6.45) is 2.90. The molecule has 5 nitrogen and oxygen atoms in total. The van der Waals surface area contributed by atoms with Gasteiger partial charge in [-0.1, -0.05) is 84.9 Å². The Morgan fingerprint density at radius 3 is 2.19 bits per heavy atom. The Kier molecular flexibility index (Phi) is 5.38. The molecule has 1 aliphatic heterocycles. The third-order valence-corrected chi connectivity index (χ3v) is 5.89. The van der Waals surface area contributed by atoms with Crippen molar-refractivity contribution in [3.63, 3.8) is 0 Å². The largest absolute Gasteiger partial charge is 0.333 e. The lowest BCUT2D eigenvalue weighted by molar-refractivity contribution is 0.0766. The molecule has 1 aliphatic rings. The lowest BCUT2D eigenvalue weighted by Gasteiger charge is -2.27. The highest BCUT2D eigenvalue weighted by Gasteiger charge is 2.24. The van der Waals surface area contributed by atoms with E-state index in [4.69, 9.17) is 0 Å². The number of aromatic nitrogens is 2. The molecule has 0 atom stereocenters. The minimum absolute atomic E-state index is 0.147. The van der Waals surface area contributed by atoms with Gasteiger partial charge in [-0.25, -0.2) is 4.68 Å². The Morgan fingerprint density at radius 1 is 0.844 bits per heavy atom. The average Bonchev–Trinajstić information content (AvgIpc) is 2.87. The fourth-order valence-corrected chi connectivity index (χ4v) is 4.17. The normalized spacial score (nSPS) is 13.8. The van der Waals surface area contributed by atoms with Crippen molar-refractivity contribution in [1.82, 2.24) is 14.7 Å². The molecule has 0 unspecified atom stereocenters. The first kappa shape index (κ1) is 19.9. The summed E-state index contributed by atoms with van der Waals surface area (Å²) >= 11 is 0. The molecule has 158 valence electrons. The maximum absolute atomic E-state index is 13.5. The monoisotopic (exact) mass is 421 g/mol. The van der Waals surface area contributed by atoms with Crippen LogP contribution in [0.2, 0.25) is 0 Å². The van der Waals surface area contributed by atoms with Gasteiger partial charge in [-0.15, -0.1) is 0 Å². The van der Waals surface area contributed by atoms with E-state index in [0.29, 0.717) is 36.1 Å². The summed E-state index contributed by atoms with van der Waals surface area (Å²) < 4.78 is 1.40. The van der Waals surface area contributed by atoms with Crippen molar-refractivity contribution >= 4 is 22.3 Å². The van der Waals surface area contributed by atoms with Crippen LogP contribution in [0, 0.1) is 0 Å². The predicted octanol–water partition coefficient (Wildman–Crippen LogP) is 4.37. The quantitative estimate of drug-likeness (QED) is 0.492. The Bertz CT molecular complexity index is 1360. The van der Waals surface area contributed by atoms with Crippen molar-refractivity contribution in [2.75, 3.05) is 13.1 Å². The van der Waals surface area contributed by atoms with E-state index in [1.54, 1.807) is 17.0 Å². The summed E-state index contributed by atoms with van der Waals surface area (Å²) in [5.41, 5.74) is 3.55. The summed E-state index contributed by atoms with van der Waals surface area (Å²) in [7, 11) is 0. The van der Waals surface area contributed by atoms with Crippen molar-refractivity contribution in [2.24, 2.45) is 0 Å². The molecular formula is C27H23N3O2. The number of carbonyl (C=O) groups is 1. The predicted molar refractivity (Wildman–Crippen MR) is 126 cm³/mol. The van der Waals surface area contributed by atoms with Crippen LogP contribution in [0.25, 0.3) is 16.3 Å². The molecule has 3 aromatic carbocycles. The highest BCUT2D eigenvalue weighted by molar-refractivity contribution is 6.05. The van der Waals surface area contributed by atoms with E-state index in [-0.39, 0.29) is 11.5 Å². The topological polar surface area (TPSA) is 55.2 Å². The Hall–Kier alpha value is -3.99. The van der Waals surface area contributed by atoms with Crippen LogP contribution in [0.1, 0.15) is 28.0 Å². The molecule has 0 saturated heterocycles. The molecule has 0 bridgehead atoms. The van der Waals surface area contributed by atoms with Crippen LogP contribution in [0.5, 0.6) is 0 Å². The maximum atomic E-state index is 13.5. The second kappa shape index (κ2) is 8.63. The van der Waals surface area contributed by atoms with E-state index in [9.17, 15) is 9.59 Å². The molecule has 2 heterocycles. The van der Waals surface area contributed by atoms with Gasteiger partial charge in [-0.3, -0.25) is 9.59 Å². The van der Waals surface area contributed by atoms with Crippen molar-refractivity contribution in [2.45, 2.75) is 13.0 Å². The van der Waals surface area contributed by atoms with E-state index in [1.807, 2.05) is 60.7 Å². The highest BCUT2D eigenvalue weighted by atomic mass is 16.2. The molecule has 32 heavy (non-hydrogen) atoms. The third-order valence-electron chi connectivity index (χ3n) is 5.89. The van der Waals surface area contributed by atoms with Crippen LogP contribution in [0.3, 0.4) is 0 Å². The molecule has 0 N–H and O–H groups in total. The first-order chi connectivity index (χ1) is 15.7. The third kappa shape index (κ3) is 3.85. The van der Waals surface area contributed by atoms with Gasteiger partial charge in [0.1, 0.15) is 0 Å². The Morgan fingerprint density at radius 2 is 1.50 bits per heavy atom. The first-order valence-electron chi connectivity index (χ1n) is 10.8. The van der Waals surface area contributed by atoms with Crippen LogP contribution in [0.4, 0.5) is 0 Å². The molecular weight excluding hydrogens is 398 g/mol. The maximum Gasteiger partial charge on any atom is 0.275 e. The van der Waals surface area contributed by atoms with E-state index in [0.717, 1.165) is 12.0 Å². The van der Waals surface area contributed by atoms with Crippen molar-refractivity contribution in [1.29, 1.82) is 0 Å². The second-order valence-electron chi connectivity index (χ2n) is 7.94. The SMILES string of the molecule is O=C(c1nn(Cc2ccccc2)c(=O)c2ccccc12)N1CC=C(c2ccccc2)CC1. The molecule has 0 aliphatic carbocycles. The molecule has 0 radical (unpaired) electrons. The van der Waals surface area contributed by atoms with Gasteiger partial charge in [-0.2, -0.15) is 5.10 Å². The number of carbonyl (C=O) groups excluding carboxylic acids is 1. The molecule has 0 saturated carbocycles. The summed E-state index contributed by atoms with van der Waals surface area (Å²) in [5, 5.41) is 5.66. The highest BCUT2D eigenvalue weighted by Crippen LogP contribution is 2.24. The molecule has 5 rings (SSSR count). The van der Waals surface area contributed by atoms with Gasteiger partial charge in [0, 0.05) is 18.5 Å². The zero-order valence-electron chi connectivity index (χ0n) is 17.6. The Labute approximate surface area is 186 Å². The van der Waals surface area contributed by atoms with Crippen molar-refractivity contribution in [3.8, 4) is 0 Å². The smallest absolute Gasteiger partial charge is 0.275 e. The van der Waals surface area contributed by atoms with E-state index in [1.165, 1.54) is 15.8 Å². The summed E-state index contributed by atoms with van der Waals surface area (Å²) in [4.78, 5) is 28.3. The fourth-order valence-electron chi connectivity index (χ4n) is 4.17. The molecule has 1 amide bonds. The number of fused-ring (bicyclic) bond motifs is 1. The number of amides is 1. The first-order valence-corrected chi connectivity index (χ1v) is 10.8. The van der Waals surface area contributed by atoms with Crippen LogP contribution in [0.15, 0.2) is 95.8 Å². The number of benzene rings is 3. The van der Waals surface area contributed by atoms with Crippen molar-refractivity contribution < 1.29 is 4.79 Å². The zero-order valence-corrected chi connectivity index (χ0v) is 17.6. The summed E-state index contributed by atoms with van der Waals surface area (Å²) in [6.45, 7) is 1.47. The van der Waals surface area contributed by atoms with Gasteiger partial charge < -0.3 is 4.90 Å². The minimum Gasteiger partial charge on any atom is -0.333 e. The van der Waals surface area contributed by atoms with E-state index >= 15 is 0 Å². The van der Waals surface area contributed by atoms with Gasteiger partial charge in [0.2, 0.25) is 0 Å². The lowest BCUT2D eigenvalue weighted by Crippen LogP contribution is -2.37. The van der Waals surface area contributed by atoms with Gasteiger partial charge in [-0.05, 0) is 29.2 Å². The fraction of sp³-hybridized carbons (Fsp3) is 0.148. The van der Waals surface area contributed by atoms with Gasteiger partial charge >= 0.3 is 0 Å². The molecule has 0 fully saturated rings. The summed E-state index contributed by atoms with van der Waals surface area (Å²) in [5.74, 6) is -0.147. The molecule has 0 spiro atoms. The van der Waals surface area contributed by atoms with Gasteiger partial charge in [0.25, 0.3) is 11.5 Å². The molecule has 1 aromatic heterocycles. The van der Waals surface area contributed by atoms with Crippen LogP contribution in [-0.4, -0.2) is 33.7 Å². The average molecular weight is 422 g/mol. The number of nitrogens with zero attached hydrogens (tertiary/aromatic N) is 3. The van der Waals surface area contributed by atoms with E-state index in [2.05, 4.69) is 23.3 Å². The van der Waals surface area contributed by atoms with Crippen LogP contribution in [-0.2, 0) is 6.54 Å². The number of hydrogen-bond acceptors (Lipinski definition) is 3. The zero-order chi connectivity index (χ0) is 21.9. The lowest BCUT2D eigenvalue weighted by atomic mass is 9.99. The van der Waals surface area contributed by atoms with Crippen LogP contribution < -0.4 is 5.56 Å². The standard InChI is InChI=1S/C27H23N3O2/c31-26-24-14-8-7-13-23(24)25(28-30(26)19-20-9-3-1-4-10-20)27(32)29-17-15-22(16-18-29)21-11-5-2-6-12-21/h1-15H,16-19H2. The van der Waals surface area contributed by atoms with Crippen LogP contribution >= 0.6 is 0 Å². The minimum atomic E-state index is -0.189. The van der Waals surface area contributed by atoms with Gasteiger partial charge in [0.15, 0.2) is 5.69 Å². The van der Waals surface area contributed by atoms with Gasteiger partial charge in [0.05, 0.1) is 11.9 Å². The summed E-state index contributed by atoms with van der Waals surface area (Å²) in [6, 6.07) is 27.2.